The zero-order valence-corrected chi connectivity index (χ0v) is 17.9. The maximum Gasteiger partial charge on any atom is 0.573 e. The summed E-state index contributed by atoms with van der Waals surface area (Å²) in [5, 5.41) is 17.3. The highest BCUT2D eigenvalue weighted by molar-refractivity contribution is 9.11. The normalized spacial score (nSPS) is 11.1. The highest BCUT2D eigenvalue weighted by atomic mass is 79.9. The molecule has 0 aliphatic rings. The van der Waals surface area contributed by atoms with Crippen LogP contribution in [0.4, 0.5) is 35.0 Å². The number of hydrogen-bond donors (Lipinski definition) is 5. The molecule has 0 radical (unpaired) electrons. The highest BCUT2D eigenvalue weighted by Crippen LogP contribution is 2.31. The van der Waals surface area contributed by atoms with E-state index in [0.29, 0.717) is 26.7 Å². The van der Waals surface area contributed by atoms with Gasteiger partial charge >= 0.3 is 12.4 Å². The number of carbonyl (C=O) groups excluding carboxylic acids is 1. The molecule has 7 nitrogen and oxygen atoms in total. The second-order valence-electron chi connectivity index (χ2n) is 5.66. The molecule has 2 amide bonds. The van der Waals surface area contributed by atoms with Crippen LogP contribution in [0.25, 0.3) is 0 Å². The van der Waals surface area contributed by atoms with Gasteiger partial charge in [-0.1, -0.05) is 31.9 Å². The Labute approximate surface area is 181 Å². The SMILES string of the molecule is NCCNc1cc(NC(=O)Nc2cc(Br)cc(Br)c2CO)cc(OC(F)(F)F)c1. The Morgan fingerprint density at radius 2 is 1.79 bits per heavy atom. The number of carbonyl (C=O) groups is 1. The maximum atomic E-state index is 12.6. The number of amides is 2. The molecule has 0 aromatic heterocycles. The number of alkyl halides is 3. The Balaban J connectivity index is 2.23. The van der Waals surface area contributed by atoms with Crippen LogP contribution in [0.15, 0.2) is 39.3 Å². The van der Waals surface area contributed by atoms with E-state index in [-0.39, 0.29) is 24.5 Å². The Kier molecular flexibility index (Phi) is 8.14. The second kappa shape index (κ2) is 10.1. The number of urea groups is 1. The van der Waals surface area contributed by atoms with E-state index in [1.165, 1.54) is 6.07 Å². The third-order valence-electron chi connectivity index (χ3n) is 3.44. The summed E-state index contributed by atoms with van der Waals surface area (Å²) >= 11 is 6.56. The number of rotatable bonds is 7. The number of nitrogens with one attached hydrogen (secondary N) is 3. The number of benzene rings is 2. The molecule has 0 saturated carbocycles. The predicted molar refractivity (Wildman–Crippen MR) is 111 cm³/mol. The third kappa shape index (κ3) is 7.38. The van der Waals surface area contributed by atoms with Crippen LogP contribution in [0.5, 0.6) is 5.75 Å². The van der Waals surface area contributed by atoms with Crippen molar-refractivity contribution in [3.05, 3.63) is 44.8 Å². The lowest BCUT2D eigenvalue weighted by atomic mass is 10.2. The molecule has 0 atom stereocenters. The van der Waals surface area contributed by atoms with Gasteiger partial charge in [-0.25, -0.2) is 4.79 Å². The van der Waals surface area contributed by atoms with Gasteiger partial charge in [-0.3, -0.25) is 0 Å². The number of anilines is 3. The van der Waals surface area contributed by atoms with Crippen LogP contribution in [0.3, 0.4) is 0 Å². The van der Waals surface area contributed by atoms with Gasteiger partial charge in [0.2, 0.25) is 0 Å². The molecule has 0 unspecified atom stereocenters. The highest BCUT2D eigenvalue weighted by Gasteiger charge is 2.31. The lowest BCUT2D eigenvalue weighted by molar-refractivity contribution is -0.274. The molecule has 0 spiro atoms. The van der Waals surface area contributed by atoms with E-state index in [9.17, 15) is 23.1 Å². The molecule has 158 valence electrons. The van der Waals surface area contributed by atoms with Gasteiger partial charge in [-0.15, -0.1) is 13.2 Å². The van der Waals surface area contributed by atoms with Gasteiger partial charge in [-0.2, -0.15) is 0 Å². The molecular formula is C17H17Br2F3N4O3. The molecule has 0 aliphatic heterocycles. The fourth-order valence-corrected chi connectivity index (χ4v) is 3.69. The fraction of sp³-hybridized carbons (Fsp3) is 0.235. The summed E-state index contributed by atoms with van der Waals surface area (Å²) in [5.41, 5.74) is 6.48. The predicted octanol–water partition coefficient (Wildman–Crippen LogP) is 4.62. The van der Waals surface area contributed by atoms with Crippen LogP contribution in [0, 0.1) is 0 Å². The first kappa shape index (κ1) is 23.3. The van der Waals surface area contributed by atoms with Crippen LogP contribution in [-0.2, 0) is 6.61 Å². The van der Waals surface area contributed by atoms with Crippen molar-refractivity contribution in [2.75, 3.05) is 29.0 Å². The molecule has 2 aromatic carbocycles. The number of aliphatic hydroxyl groups excluding tert-OH is 1. The molecule has 2 rings (SSSR count). The molecule has 12 heteroatoms. The van der Waals surface area contributed by atoms with Gasteiger partial charge in [0.05, 0.1) is 12.3 Å². The largest absolute Gasteiger partial charge is 0.573 e. The number of hydrogen-bond acceptors (Lipinski definition) is 5. The van der Waals surface area contributed by atoms with Crippen LogP contribution in [0.1, 0.15) is 5.56 Å². The smallest absolute Gasteiger partial charge is 0.406 e. The molecule has 0 heterocycles. The first-order valence-corrected chi connectivity index (χ1v) is 9.71. The Morgan fingerprint density at radius 1 is 1.10 bits per heavy atom. The van der Waals surface area contributed by atoms with Crippen molar-refractivity contribution in [1.29, 1.82) is 0 Å². The van der Waals surface area contributed by atoms with Crippen molar-refractivity contribution in [2.45, 2.75) is 13.0 Å². The monoisotopic (exact) mass is 540 g/mol. The Hall–Kier alpha value is -2.02. The number of halogens is 5. The van der Waals surface area contributed by atoms with Crippen molar-refractivity contribution in [3.63, 3.8) is 0 Å². The Bertz CT molecular complexity index is 882. The lowest BCUT2D eigenvalue weighted by Crippen LogP contribution is -2.21. The minimum atomic E-state index is -4.88. The van der Waals surface area contributed by atoms with Crippen molar-refractivity contribution < 1.29 is 27.8 Å². The van der Waals surface area contributed by atoms with Crippen molar-refractivity contribution >= 4 is 55.0 Å². The minimum absolute atomic E-state index is 0.0587. The average Bonchev–Trinajstić information content (AvgIpc) is 2.57. The summed E-state index contributed by atoms with van der Waals surface area (Å²) in [6, 6.07) is 6.16. The summed E-state index contributed by atoms with van der Waals surface area (Å²) < 4.78 is 42.9. The van der Waals surface area contributed by atoms with Gasteiger partial charge in [0.1, 0.15) is 5.75 Å². The molecule has 29 heavy (non-hydrogen) atoms. The van der Waals surface area contributed by atoms with Crippen LogP contribution >= 0.6 is 31.9 Å². The van der Waals surface area contributed by atoms with E-state index in [4.69, 9.17) is 5.73 Å². The van der Waals surface area contributed by atoms with E-state index in [2.05, 4.69) is 52.5 Å². The van der Waals surface area contributed by atoms with Gasteiger partial charge < -0.3 is 31.5 Å². The summed E-state index contributed by atoms with van der Waals surface area (Å²) in [5.74, 6) is -0.504. The molecule has 0 fully saturated rings. The molecule has 0 aliphatic carbocycles. The molecular weight excluding hydrogens is 525 g/mol. The second-order valence-corrected chi connectivity index (χ2v) is 7.43. The van der Waals surface area contributed by atoms with E-state index in [1.54, 1.807) is 12.1 Å². The van der Waals surface area contributed by atoms with Gasteiger partial charge in [0.25, 0.3) is 0 Å². The van der Waals surface area contributed by atoms with Crippen LogP contribution in [-0.4, -0.2) is 30.6 Å². The number of ether oxygens (including phenoxy) is 1. The third-order valence-corrected chi connectivity index (χ3v) is 4.60. The fourth-order valence-electron chi connectivity index (χ4n) is 2.34. The van der Waals surface area contributed by atoms with Crippen molar-refractivity contribution in [3.8, 4) is 5.75 Å². The topological polar surface area (TPSA) is 109 Å². The maximum absolute atomic E-state index is 12.6. The summed E-state index contributed by atoms with van der Waals surface area (Å²) in [6.07, 6.45) is -4.88. The summed E-state index contributed by atoms with van der Waals surface area (Å²) in [6.45, 7) is 0.230. The van der Waals surface area contributed by atoms with Crippen LogP contribution < -0.4 is 26.4 Å². The summed E-state index contributed by atoms with van der Waals surface area (Å²) in [4.78, 5) is 12.4. The van der Waals surface area contributed by atoms with Crippen molar-refractivity contribution in [2.24, 2.45) is 5.73 Å². The quantitative estimate of drug-likeness (QED) is 0.351. The molecule has 0 bridgehead atoms. The Morgan fingerprint density at radius 3 is 2.41 bits per heavy atom. The zero-order valence-electron chi connectivity index (χ0n) is 14.7. The van der Waals surface area contributed by atoms with Gasteiger partial charge in [0.15, 0.2) is 0 Å². The molecule has 6 N–H and O–H groups in total. The summed E-state index contributed by atoms with van der Waals surface area (Å²) in [7, 11) is 0. The minimum Gasteiger partial charge on any atom is -0.406 e. The molecule has 2 aromatic rings. The van der Waals surface area contributed by atoms with E-state index < -0.39 is 18.1 Å². The van der Waals surface area contributed by atoms with Gasteiger partial charge in [0, 0.05) is 51.1 Å². The van der Waals surface area contributed by atoms with Gasteiger partial charge in [-0.05, 0) is 18.2 Å². The zero-order chi connectivity index (χ0) is 21.6. The van der Waals surface area contributed by atoms with E-state index in [1.807, 2.05) is 0 Å². The van der Waals surface area contributed by atoms with E-state index in [0.717, 1.165) is 12.1 Å². The van der Waals surface area contributed by atoms with E-state index >= 15 is 0 Å². The first-order valence-electron chi connectivity index (χ1n) is 8.13. The first-order chi connectivity index (χ1) is 13.6. The number of nitrogens with two attached hydrogens (primary N) is 1. The molecule has 0 saturated heterocycles. The number of aliphatic hydroxyl groups is 1. The lowest BCUT2D eigenvalue weighted by Gasteiger charge is -2.16. The van der Waals surface area contributed by atoms with Crippen molar-refractivity contribution in [1.82, 2.24) is 0 Å². The van der Waals surface area contributed by atoms with Crippen LogP contribution in [0.2, 0.25) is 0 Å². The average molecular weight is 542 g/mol. The standard InChI is InChI=1S/C17H17Br2F3N4O3/c18-9-3-14(19)13(8-27)15(4-9)26-16(28)25-11-5-10(24-2-1-23)6-12(7-11)29-17(20,21)22/h3-7,24,27H,1-2,8,23H2,(H2,25,26,28).